The minimum atomic E-state index is -4.92. The Bertz CT molecular complexity index is 812. The minimum Gasteiger partial charge on any atom is -0.494 e. The Kier molecular flexibility index (Phi) is 4.02. The molecule has 0 saturated heterocycles. The monoisotopic (exact) mass is 365 g/mol. The summed E-state index contributed by atoms with van der Waals surface area (Å²) in [6, 6.07) is 3.37. The molecule has 9 heteroatoms. The second kappa shape index (κ2) is 5.69. The third-order valence-corrected chi connectivity index (χ3v) is 4.24. The van der Waals surface area contributed by atoms with Gasteiger partial charge in [0.15, 0.2) is 11.6 Å². The molecule has 25 heavy (non-hydrogen) atoms. The Hall–Kier alpha value is -2.16. The molecule has 3 nitrogen and oxygen atoms in total. The van der Waals surface area contributed by atoms with Crippen molar-refractivity contribution in [2.24, 2.45) is 0 Å². The highest BCUT2D eigenvalue weighted by Gasteiger charge is 2.50. The largest absolute Gasteiger partial charge is 0.494 e. The maximum Gasteiger partial charge on any atom is 0.418 e. The number of aliphatic hydroxyl groups excluding tert-OH is 1. The molecule has 1 N–H and O–H groups in total. The van der Waals surface area contributed by atoms with Gasteiger partial charge in [0.25, 0.3) is 5.92 Å². The molecule has 0 amide bonds. The van der Waals surface area contributed by atoms with Gasteiger partial charge in [0.2, 0.25) is 0 Å². The number of rotatable bonds is 2. The Labute approximate surface area is 138 Å². The van der Waals surface area contributed by atoms with Gasteiger partial charge in [0.05, 0.1) is 12.7 Å². The second-order valence-corrected chi connectivity index (χ2v) is 5.75. The minimum absolute atomic E-state index is 0.0839. The molecule has 1 unspecified atom stereocenters. The second-order valence-electron chi connectivity index (χ2n) is 5.75. The number of nitrogens with zero attached hydrogens (tertiary/aromatic N) is 1. The Morgan fingerprint density at radius 3 is 2.56 bits per heavy atom. The number of hydrogen-bond donors (Lipinski definition) is 1. The number of ether oxygens (including phenoxy) is 1. The van der Waals surface area contributed by atoms with Crippen molar-refractivity contribution >= 4 is 0 Å². The number of aromatic nitrogens is 1. The fourth-order valence-electron chi connectivity index (χ4n) is 3.01. The van der Waals surface area contributed by atoms with Gasteiger partial charge in [-0.3, -0.25) is 0 Å². The Morgan fingerprint density at radius 2 is 1.96 bits per heavy atom. The van der Waals surface area contributed by atoms with Crippen molar-refractivity contribution in [1.29, 1.82) is 0 Å². The molecule has 1 atom stereocenters. The summed E-state index contributed by atoms with van der Waals surface area (Å²) in [7, 11) is 1.19. The highest BCUT2D eigenvalue weighted by molar-refractivity contribution is 5.48. The molecule has 1 aliphatic rings. The van der Waals surface area contributed by atoms with Gasteiger partial charge in [-0.1, -0.05) is 0 Å². The summed E-state index contributed by atoms with van der Waals surface area (Å²) in [6.07, 6.45) is -8.00. The third-order valence-electron chi connectivity index (χ3n) is 4.24. The molecule has 0 bridgehead atoms. The summed E-state index contributed by atoms with van der Waals surface area (Å²) in [5, 5.41) is 9.79. The first-order chi connectivity index (χ1) is 11.6. The van der Waals surface area contributed by atoms with E-state index in [9.17, 15) is 31.4 Å². The lowest BCUT2D eigenvalue weighted by atomic mass is 9.89. The van der Waals surface area contributed by atoms with Gasteiger partial charge in [-0.25, -0.2) is 13.2 Å². The van der Waals surface area contributed by atoms with Crippen molar-refractivity contribution in [2.45, 2.75) is 31.0 Å². The number of alkyl halides is 5. The number of halogens is 6. The maximum absolute atomic E-state index is 13.7. The van der Waals surface area contributed by atoms with Crippen molar-refractivity contribution < 1.29 is 36.2 Å². The molecule has 136 valence electrons. The molecule has 1 aromatic heterocycles. The number of fused-ring (bicyclic) bond motifs is 1. The van der Waals surface area contributed by atoms with Crippen LogP contribution in [0.1, 0.15) is 29.3 Å². The summed E-state index contributed by atoms with van der Waals surface area (Å²) < 4.78 is 86.7. The molecule has 1 aromatic carbocycles. The normalized spacial score (nSPS) is 19.6. The summed E-state index contributed by atoms with van der Waals surface area (Å²) in [4.78, 5) is 0. The molecule has 0 spiro atoms. The van der Waals surface area contributed by atoms with Gasteiger partial charge in [0, 0.05) is 35.6 Å². The first-order valence-corrected chi connectivity index (χ1v) is 7.27. The van der Waals surface area contributed by atoms with Crippen molar-refractivity contribution in [1.82, 2.24) is 4.57 Å². The van der Waals surface area contributed by atoms with E-state index in [1.165, 1.54) is 13.2 Å². The lowest BCUT2D eigenvalue weighted by Crippen LogP contribution is -2.33. The molecule has 1 heterocycles. The van der Waals surface area contributed by atoms with E-state index < -0.39 is 41.6 Å². The van der Waals surface area contributed by atoms with Crippen LogP contribution in [0.5, 0.6) is 5.75 Å². The number of hydrogen-bond acceptors (Lipinski definition) is 2. The van der Waals surface area contributed by atoms with Crippen LogP contribution in [-0.4, -0.2) is 22.7 Å². The maximum atomic E-state index is 13.7. The van der Waals surface area contributed by atoms with Crippen molar-refractivity contribution in [2.75, 3.05) is 7.11 Å². The van der Waals surface area contributed by atoms with Crippen LogP contribution < -0.4 is 4.74 Å². The van der Waals surface area contributed by atoms with Crippen LogP contribution in [-0.2, 0) is 12.6 Å². The number of methoxy groups -OCH3 is 1. The highest BCUT2D eigenvalue weighted by atomic mass is 19.4. The zero-order valence-electron chi connectivity index (χ0n) is 12.9. The lowest BCUT2D eigenvalue weighted by molar-refractivity contribution is -0.147. The van der Waals surface area contributed by atoms with Crippen LogP contribution in [0, 0.1) is 5.82 Å². The van der Waals surface area contributed by atoms with Gasteiger partial charge in [-0.05, 0) is 18.6 Å². The molecule has 3 rings (SSSR count). The topological polar surface area (TPSA) is 34.4 Å². The van der Waals surface area contributed by atoms with E-state index in [-0.39, 0.29) is 23.6 Å². The van der Waals surface area contributed by atoms with Gasteiger partial charge in [-0.15, -0.1) is 0 Å². The van der Waals surface area contributed by atoms with Crippen molar-refractivity contribution in [3.63, 3.8) is 0 Å². The van der Waals surface area contributed by atoms with Crippen LogP contribution in [0.2, 0.25) is 0 Å². The molecular weight excluding hydrogens is 352 g/mol. The van der Waals surface area contributed by atoms with Crippen LogP contribution in [0.3, 0.4) is 0 Å². The first kappa shape index (κ1) is 17.7. The average Bonchev–Trinajstić information content (AvgIpc) is 2.92. The average molecular weight is 365 g/mol. The van der Waals surface area contributed by atoms with Crippen LogP contribution in [0.4, 0.5) is 26.3 Å². The quantitative estimate of drug-likeness (QED) is 0.807. The third kappa shape index (κ3) is 2.86. The summed E-state index contributed by atoms with van der Waals surface area (Å²) in [5.74, 6) is -4.57. The van der Waals surface area contributed by atoms with Crippen LogP contribution >= 0.6 is 0 Å². The Morgan fingerprint density at radius 1 is 1.28 bits per heavy atom. The van der Waals surface area contributed by atoms with E-state index >= 15 is 0 Å². The van der Waals surface area contributed by atoms with E-state index in [1.54, 1.807) is 0 Å². The molecule has 1 aliphatic carbocycles. The summed E-state index contributed by atoms with van der Waals surface area (Å²) in [6.45, 7) is 0. The van der Waals surface area contributed by atoms with Crippen LogP contribution in [0.25, 0.3) is 5.69 Å². The van der Waals surface area contributed by atoms with Gasteiger partial charge in [0.1, 0.15) is 6.10 Å². The molecular formula is C16H13F6NO2. The van der Waals surface area contributed by atoms with E-state index in [0.29, 0.717) is 6.20 Å². The Balaban J connectivity index is 2.24. The van der Waals surface area contributed by atoms with Crippen molar-refractivity contribution in [3.8, 4) is 11.4 Å². The fraction of sp³-hybridized carbons (Fsp3) is 0.375. The summed E-state index contributed by atoms with van der Waals surface area (Å²) >= 11 is 0. The predicted molar refractivity (Wildman–Crippen MR) is 75.5 cm³/mol. The molecule has 2 aromatic rings. The van der Waals surface area contributed by atoms with E-state index in [0.717, 1.165) is 16.7 Å². The van der Waals surface area contributed by atoms with Crippen molar-refractivity contribution in [3.05, 3.63) is 47.0 Å². The van der Waals surface area contributed by atoms with E-state index in [1.807, 2.05) is 0 Å². The van der Waals surface area contributed by atoms with E-state index in [2.05, 4.69) is 0 Å². The predicted octanol–water partition coefficient (Wildman–Crippen LogP) is 4.26. The number of benzene rings is 1. The zero-order valence-corrected chi connectivity index (χ0v) is 12.9. The van der Waals surface area contributed by atoms with Gasteiger partial charge < -0.3 is 14.4 Å². The summed E-state index contributed by atoms with van der Waals surface area (Å²) in [5.41, 5.74) is -2.15. The smallest absolute Gasteiger partial charge is 0.418 e. The fourth-order valence-corrected chi connectivity index (χ4v) is 3.01. The van der Waals surface area contributed by atoms with Gasteiger partial charge in [-0.2, -0.15) is 13.2 Å². The zero-order chi connectivity index (χ0) is 18.6. The number of aliphatic hydroxyl groups is 1. The lowest BCUT2D eigenvalue weighted by Gasteiger charge is -2.29. The molecule has 0 aliphatic heterocycles. The molecule has 0 saturated carbocycles. The van der Waals surface area contributed by atoms with Crippen LogP contribution in [0.15, 0.2) is 24.4 Å². The highest BCUT2D eigenvalue weighted by Crippen LogP contribution is 2.48. The van der Waals surface area contributed by atoms with E-state index in [4.69, 9.17) is 4.74 Å². The first-order valence-electron chi connectivity index (χ1n) is 7.27. The van der Waals surface area contributed by atoms with Gasteiger partial charge >= 0.3 is 6.18 Å². The molecule has 0 radical (unpaired) electrons. The standard InChI is InChI=1S/C16H13F6NO2/c1-25-12-6-8(2-3-10(12)17)23-7-9(16(20,21)22)13-11(23)4-5-15(18,19)14(13)24/h2-3,6-7,14,24H,4-5H2,1H3. The SMILES string of the molecule is COc1cc(-n2cc(C(F)(F)F)c3c2CCC(F)(F)C3O)ccc1F. The molecule has 0 fully saturated rings.